The lowest BCUT2D eigenvalue weighted by molar-refractivity contribution is -0.154. The first-order valence-electron chi connectivity index (χ1n) is 10.0. The van der Waals surface area contributed by atoms with Crippen LogP contribution in [0.1, 0.15) is 41.9 Å². The predicted octanol–water partition coefficient (Wildman–Crippen LogP) is 0.928. The van der Waals surface area contributed by atoms with E-state index in [0.717, 1.165) is 17.7 Å². The average molecular weight is 427 g/mol. The highest BCUT2D eigenvalue weighted by Gasteiger charge is 2.48. The highest BCUT2D eigenvalue weighted by Crippen LogP contribution is 2.37. The molecule has 0 bridgehead atoms. The monoisotopic (exact) mass is 427 g/mol. The summed E-state index contributed by atoms with van der Waals surface area (Å²) < 4.78 is 9.79. The Hall–Kier alpha value is -3.56. The van der Waals surface area contributed by atoms with E-state index in [1.807, 2.05) is 0 Å². The summed E-state index contributed by atoms with van der Waals surface area (Å²) >= 11 is 0. The molecule has 10 heteroatoms. The van der Waals surface area contributed by atoms with Crippen LogP contribution in [-0.4, -0.2) is 52.3 Å². The fourth-order valence-electron chi connectivity index (χ4n) is 4.21. The first kappa shape index (κ1) is 20.7. The van der Waals surface area contributed by atoms with Crippen molar-refractivity contribution in [3.05, 3.63) is 39.9 Å². The van der Waals surface area contributed by atoms with Gasteiger partial charge < -0.3 is 14.5 Å². The Morgan fingerprint density at radius 2 is 1.81 bits per heavy atom. The highest BCUT2D eigenvalue weighted by molar-refractivity contribution is 6.07. The summed E-state index contributed by atoms with van der Waals surface area (Å²) in [6.45, 7) is -0.815. The molecule has 2 aromatic rings. The van der Waals surface area contributed by atoms with Gasteiger partial charge >= 0.3 is 11.9 Å². The zero-order valence-electron chi connectivity index (χ0n) is 16.9. The molecular formula is C21H21N3O7. The number of aromatic nitrogens is 2. The molecule has 2 fully saturated rings. The predicted molar refractivity (Wildman–Crippen MR) is 106 cm³/mol. The zero-order chi connectivity index (χ0) is 22.1. The molecule has 1 saturated carbocycles. The van der Waals surface area contributed by atoms with E-state index in [9.17, 15) is 24.0 Å². The number of nitrogens with zero attached hydrogens (tertiary/aromatic N) is 2. The Bertz CT molecular complexity index is 1120. The van der Waals surface area contributed by atoms with Crippen LogP contribution in [-0.2, 0) is 30.5 Å². The molecular weight excluding hydrogens is 406 g/mol. The van der Waals surface area contributed by atoms with Crippen LogP contribution in [0.3, 0.4) is 0 Å². The van der Waals surface area contributed by atoms with Crippen molar-refractivity contribution >= 4 is 34.7 Å². The second kappa shape index (κ2) is 8.29. The van der Waals surface area contributed by atoms with Crippen LogP contribution in [0.2, 0.25) is 0 Å². The Morgan fingerprint density at radius 1 is 1.13 bits per heavy atom. The van der Waals surface area contributed by atoms with E-state index in [1.165, 1.54) is 25.3 Å². The standard InChI is InChI=1S/C21H21N3O7/c1-30-21(29)11-6-7-14-15(8-11)22-16(23-18(14)26)10-31-17(25)9-24-19(27)12-4-2-3-5-13(12)20(24)28/h6-8,12-13H,2-5,9-10H2,1H3,(H,22,23,26)/t12-,13-/m0/s1. The molecule has 1 aromatic carbocycles. The lowest BCUT2D eigenvalue weighted by atomic mass is 9.81. The van der Waals surface area contributed by atoms with Gasteiger partial charge in [0.1, 0.15) is 19.0 Å². The van der Waals surface area contributed by atoms with E-state index in [-0.39, 0.29) is 52.5 Å². The number of benzene rings is 1. The van der Waals surface area contributed by atoms with Crippen molar-refractivity contribution in [3.63, 3.8) is 0 Å². The summed E-state index contributed by atoms with van der Waals surface area (Å²) in [6, 6.07) is 4.31. The number of carbonyl (C=O) groups excluding carboxylic acids is 4. The summed E-state index contributed by atoms with van der Waals surface area (Å²) in [5, 5.41) is 0.263. The van der Waals surface area contributed by atoms with Crippen LogP contribution < -0.4 is 5.56 Å². The van der Waals surface area contributed by atoms with E-state index < -0.39 is 24.0 Å². The molecule has 2 heterocycles. The number of hydrogen-bond acceptors (Lipinski definition) is 8. The van der Waals surface area contributed by atoms with Gasteiger partial charge in [0.15, 0.2) is 0 Å². The SMILES string of the molecule is COC(=O)c1ccc2c(=O)[nH]c(COC(=O)CN3C(=O)[C@H]4CCCC[C@@H]4C3=O)nc2c1. The second-order valence-corrected chi connectivity index (χ2v) is 7.66. The molecule has 2 aliphatic rings. The van der Waals surface area contributed by atoms with Gasteiger partial charge in [0.2, 0.25) is 11.8 Å². The zero-order valence-corrected chi connectivity index (χ0v) is 16.9. The van der Waals surface area contributed by atoms with Crippen molar-refractivity contribution in [1.29, 1.82) is 0 Å². The molecule has 2 amide bonds. The van der Waals surface area contributed by atoms with Gasteiger partial charge in [-0.05, 0) is 31.0 Å². The average Bonchev–Trinajstić information content (AvgIpc) is 3.02. The smallest absolute Gasteiger partial charge is 0.337 e. The Labute approximate surface area is 176 Å². The molecule has 1 N–H and O–H groups in total. The number of fused-ring (bicyclic) bond motifs is 2. The molecule has 0 radical (unpaired) electrons. The van der Waals surface area contributed by atoms with Gasteiger partial charge in [-0.15, -0.1) is 0 Å². The lowest BCUT2D eigenvalue weighted by Crippen LogP contribution is -2.36. The maximum atomic E-state index is 12.5. The van der Waals surface area contributed by atoms with Crippen LogP contribution in [0.4, 0.5) is 0 Å². The van der Waals surface area contributed by atoms with Crippen LogP contribution in [0.25, 0.3) is 10.9 Å². The topological polar surface area (TPSA) is 136 Å². The number of likely N-dealkylation sites (tertiary alicyclic amines) is 1. The molecule has 1 aliphatic carbocycles. The fourth-order valence-corrected chi connectivity index (χ4v) is 4.21. The van der Waals surface area contributed by atoms with Crippen molar-refractivity contribution in [1.82, 2.24) is 14.9 Å². The minimum absolute atomic E-state index is 0.0700. The van der Waals surface area contributed by atoms with Crippen molar-refractivity contribution in [2.24, 2.45) is 11.8 Å². The summed E-state index contributed by atoms with van der Waals surface area (Å²) in [4.78, 5) is 68.8. The Balaban J connectivity index is 1.44. The molecule has 1 aromatic heterocycles. The minimum Gasteiger partial charge on any atom is -0.465 e. The van der Waals surface area contributed by atoms with Crippen LogP contribution in [0.5, 0.6) is 0 Å². The first-order chi connectivity index (χ1) is 14.9. The number of ether oxygens (including phenoxy) is 2. The summed E-state index contributed by atoms with van der Waals surface area (Å²) in [6.07, 6.45) is 3.13. The molecule has 2 atom stereocenters. The molecule has 10 nitrogen and oxygen atoms in total. The van der Waals surface area contributed by atoms with Gasteiger partial charge in [-0.25, -0.2) is 9.78 Å². The van der Waals surface area contributed by atoms with E-state index in [2.05, 4.69) is 14.7 Å². The highest BCUT2D eigenvalue weighted by atomic mass is 16.5. The summed E-state index contributed by atoms with van der Waals surface area (Å²) in [5.74, 6) is -2.59. The Kier molecular flexibility index (Phi) is 5.53. The van der Waals surface area contributed by atoms with Gasteiger partial charge in [-0.1, -0.05) is 12.8 Å². The minimum atomic E-state index is -0.772. The molecule has 1 aliphatic heterocycles. The largest absolute Gasteiger partial charge is 0.465 e. The number of amides is 2. The molecule has 0 unspecified atom stereocenters. The molecule has 162 valence electrons. The number of nitrogens with one attached hydrogen (secondary N) is 1. The molecule has 1 saturated heterocycles. The summed E-state index contributed by atoms with van der Waals surface area (Å²) in [7, 11) is 1.24. The maximum Gasteiger partial charge on any atom is 0.337 e. The number of rotatable bonds is 5. The quantitative estimate of drug-likeness (QED) is 0.550. The number of imide groups is 1. The third-order valence-corrected chi connectivity index (χ3v) is 5.77. The van der Waals surface area contributed by atoms with E-state index >= 15 is 0 Å². The molecule has 4 rings (SSSR count). The fraction of sp³-hybridized carbons (Fsp3) is 0.429. The van der Waals surface area contributed by atoms with Gasteiger partial charge in [-0.2, -0.15) is 0 Å². The van der Waals surface area contributed by atoms with E-state index in [4.69, 9.17) is 4.74 Å². The van der Waals surface area contributed by atoms with Gasteiger partial charge in [0, 0.05) is 0 Å². The van der Waals surface area contributed by atoms with Crippen molar-refractivity contribution in [2.45, 2.75) is 32.3 Å². The van der Waals surface area contributed by atoms with Gasteiger partial charge in [-0.3, -0.25) is 24.1 Å². The third kappa shape index (κ3) is 3.92. The molecule has 0 spiro atoms. The third-order valence-electron chi connectivity index (χ3n) is 5.77. The van der Waals surface area contributed by atoms with Crippen molar-refractivity contribution < 1.29 is 28.7 Å². The van der Waals surface area contributed by atoms with Crippen molar-refractivity contribution in [3.8, 4) is 0 Å². The summed E-state index contributed by atoms with van der Waals surface area (Å²) in [5.41, 5.74) is 0.0108. The number of carbonyl (C=O) groups is 4. The van der Waals surface area contributed by atoms with Crippen LogP contribution in [0, 0.1) is 11.8 Å². The van der Waals surface area contributed by atoms with Crippen LogP contribution >= 0.6 is 0 Å². The Morgan fingerprint density at radius 3 is 2.45 bits per heavy atom. The van der Waals surface area contributed by atoms with Gasteiger partial charge in [0.25, 0.3) is 5.56 Å². The number of esters is 2. The van der Waals surface area contributed by atoms with Gasteiger partial charge in [0.05, 0.1) is 35.4 Å². The van der Waals surface area contributed by atoms with E-state index in [0.29, 0.717) is 12.8 Å². The van der Waals surface area contributed by atoms with Crippen molar-refractivity contribution in [2.75, 3.05) is 13.7 Å². The van der Waals surface area contributed by atoms with Crippen LogP contribution in [0.15, 0.2) is 23.0 Å². The lowest BCUT2D eigenvalue weighted by Gasteiger charge is -2.19. The number of methoxy groups -OCH3 is 1. The first-order valence-corrected chi connectivity index (χ1v) is 10.0. The number of H-pyrrole nitrogens is 1. The molecule has 31 heavy (non-hydrogen) atoms. The van der Waals surface area contributed by atoms with E-state index in [1.54, 1.807) is 0 Å². The second-order valence-electron chi connectivity index (χ2n) is 7.66. The maximum absolute atomic E-state index is 12.5. The number of hydrogen-bond donors (Lipinski definition) is 1. The number of aromatic amines is 1. The normalized spacial score (nSPS) is 20.6.